The van der Waals surface area contributed by atoms with Crippen molar-refractivity contribution < 1.29 is 0 Å². The quantitative estimate of drug-likeness (QED) is 0.826. The summed E-state index contributed by atoms with van der Waals surface area (Å²) in [5, 5.41) is 15.5. The van der Waals surface area contributed by atoms with Gasteiger partial charge in [-0.05, 0) is 50.9 Å². The summed E-state index contributed by atoms with van der Waals surface area (Å²) in [5.41, 5.74) is 1.44. The van der Waals surface area contributed by atoms with Crippen LogP contribution in [-0.4, -0.2) is 24.6 Å². The first-order valence-electron chi connectivity index (χ1n) is 6.12. The monoisotopic (exact) mass is 230 g/mol. The molecular formula is C13H18N4. The molecule has 1 aromatic heterocycles. The molecule has 1 aliphatic heterocycles. The highest BCUT2D eigenvalue weighted by Gasteiger charge is 2.13. The van der Waals surface area contributed by atoms with Crippen LogP contribution in [0.2, 0.25) is 0 Å². The molecule has 17 heavy (non-hydrogen) atoms. The molecule has 1 aromatic rings. The van der Waals surface area contributed by atoms with Crippen molar-refractivity contribution in [2.75, 3.05) is 25.0 Å². The van der Waals surface area contributed by atoms with E-state index in [0.717, 1.165) is 37.1 Å². The van der Waals surface area contributed by atoms with Crippen molar-refractivity contribution in [3.05, 3.63) is 23.4 Å². The molecule has 0 amide bonds. The molecule has 1 atom stereocenters. The average molecular weight is 230 g/mol. The Balaban J connectivity index is 1.82. The van der Waals surface area contributed by atoms with Crippen molar-refractivity contribution in [1.82, 2.24) is 10.3 Å². The van der Waals surface area contributed by atoms with Gasteiger partial charge in [-0.1, -0.05) is 0 Å². The first-order chi connectivity index (χ1) is 8.29. The van der Waals surface area contributed by atoms with Crippen molar-refractivity contribution in [3.63, 3.8) is 0 Å². The van der Waals surface area contributed by atoms with Crippen molar-refractivity contribution in [2.45, 2.75) is 19.8 Å². The molecule has 0 spiro atoms. The molecule has 4 heteroatoms. The van der Waals surface area contributed by atoms with Gasteiger partial charge in [-0.3, -0.25) is 0 Å². The van der Waals surface area contributed by atoms with Crippen LogP contribution in [0.4, 0.5) is 5.82 Å². The fraction of sp³-hybridized carbons (Fsp3) is 0.538. The lowest BCUT2D eigenvalue weighted by Gasteiger charge is -2.10. The molecule has 1 fully saturated rings. The third kappa shape index (κ3) is 3.18. The Bertz CT molecular complexity index is 416. The minimum Gasteiger partial charge on any atom is -0.370 e. The summed E-state index contributed by atoms with van der Waals surface area (Å²) in [6.45, 7) is 5.11. The predicted molar refractivity (Wildman–Crippen MR) is 67.8 cm³/mol. The minimum absolute atomic E-state index is 0.649. The molecule has 90 valence electrons. The van der Waals surface area contributed by atoms with Crippen LogP contribution in [0.15, 0.2) is 12.1 Å². The number of aryl methyl sites for hydroxylation is 1. The molecule has 2 N–H and O–H groups in total. The number of nitriles is 1. The van der Waals surface area contributed by atoms with E-state index in [1.807, 2.05) is 19.1 Å². The van der Waals surface area contributed by atoms with Crippen LogP contribution in [0.25, 0.3) is 0 Å². The molecule has 4 nitrogen and oxygen atoms in total. The van der Waals surface area contributed by atoms with Gasteiger partial charge in [0.15, 0.2) is 0 Å². The maximum Gasteiger partial charge on any atom is 0.126 e. The van der Waals surface area contributed by atoms with Gasteiger partial charge >= 0.3 is 0 Å². The molecule has 0 saturated carbocycles. The van der Waals surface area contributed by atoms with E-state index < -0.39 is 0 Å². The number of aromatic nitrogens is 1. The summed E-state index contributed by atoms with van der Waals surface area (Å²) in [4.78, 5) is 4.36. The van der Waals surface area contributed by atoms with Gasteiger partial charge in [0, 0.05) is 6.54 Å². The third-order valence-corrected chi connectivity index (χ3v) is 3.23. The van der Waals surface area contributed by atoms with E-state index in [1.54, 1.807) is 0 Å². The van der Waals surface area contributed by atoms with E-state index in [9.17, 15) is 0 Å². The SMILES string of the molecule is Cc1nc(NCCC2CCNC2)ccc1C#N. The Morgan fingerprint density at radius 1 is 1.59 bits per heavy atom. The molecule has 0 bridgehead atoms. The molecule has 0 aromatic carbocycles. The normalized spacial score (nSPS) is 18.9. The number of nitrogens with one attached hydrogen (secondary N) is 2. The topological polar surface area (TPSA) is 60.7 Å². The minimum atomic E-state index is 0.649. The number of hydrogen-bond donors (Lipinski definition) is 2. The predicted octanol–water partition coefficient (Wildman–Crippen LogP) is 1.67. The van der Waals surface area contributed by atoms with Crippen LogP contribution in [0.5, 0.6) is 0 Å². The van der Waals surface area contributed by atoms with Gasteiger partial charge in [-0.15, -0.1) is 0 Å². The largest absolute Gasteiger partial charge is 0.370 e. The second kappa shape index (κ2) is 5.65. The van der Waals surface area contributed by atoms with E-state index in [4.69, 9.17) is 5.26 Å². The second-order valence-corrected chi connectivity index (χ2v) is 4.52. The highest BCUT2D eigenvalue weighted by Crippen LogP contribution is 2.13. The van der Waals surface area contributed by atoms with Crippen LogP contribution in [0.1, 0.15) is 24.1 Å². The summed E-state index contributed by atoms with van der Waals surface area (Å²) in [6, 6.07) is 5.82. The number of anilines is 1. The number of rotatable bonds is 4. The summed E-state index contributed by atoms with van der Waals surface area (Å²) < 4.78 is 0. The van der Waals surface area contributed by atoms with Crippen molar-refractivity contribution in [1.29, 1.82) is 5.26 Å². The molecule has 1 saturated heterocycles. The zero-order valence-electron chi connectivity index (χ0n) is 10.2. The molecule has 0 radical (unpaired) electrons. The standard InChI is InChI=1S/C13H18N4/c1-10-12(8-14)2-3-13(17-10)16-7-5-11-4-6-15-9-11/h2-3,11,15H,4-7,9H2,1H3,(H,16,17). The smallest absolute Gasteiger partial charge is 0.126 e. The fourth-order valence-electron chi connectivity index (χ4n) is 2.14. The van der Waals surface area contributed by atoms with Crippen LogP contribution in [0.3, 0.4) is 0 Å². The van der Waals surface area contributed by atoms with Gasteiger partial charge in [0.2, 0.25) is 0 Å². The first-order valence-corrected chi connectivity index (χ1v) is 6.12. The molecular weight excluding hydrogens is 212 g/mol. The number of pyridine rings is 1. The average Bonchev–Trinajstić information content (AvgIpc) is 2.82. The summed E-state index contributed by atoms with van der Waals surface area (Å²) in [6.07, 6.45) is 2.45. The molecule has 2 rings (SSSR count). The summed E-state index contributed by atoms with van der Waals surface area (Å²) in [7, 11) is 0. The van der Waals surface area contributed by atoms with Gasteiger partial charge < -0.3 is 10.6 Å². The van der Waals surface area contributed by atoms with E-state index >= 15 is 0 Å². The molecule has 0 aliphatic carbocycles. The van der Waals surface area contributed by atoms with Gasteiger partial charge in [0.05, 0.1) is 11.3 Å². The Hall–Kier alpha value is -1.60. The van der Waals surface area contributed by atoms with Crippen molar-refractivity contribution in [2.24, 2.45) is 5.92 Å². The highest BCUT2D eigenvalue weighted by molar-refractivity contribution is 5.42. The van der Waals surface area contributed by atoms with Crippen molar-refractivity contribution >= 4 is 5.82 Å². The summed E-state index contributed by atoms with van der Waals surface area (Å²) in [5.74, 6) is 1.66. The van der Waals surface area contributed by atoms with E-state index in [2.05, 4.69) is 21.7 Å². The maximum atomic E-state index is 8.81. The van der Waals surface area contributed by atoms with Gasteiger partial charge in [-0.25, -0.2) is 4.98 Å². The van der Waals surface area contributed by atoms with Crippen molar-refractivity contribution in [3.8, 4) is 6.07 Å². The van der Waals surface area contributed by atoms with E-state index in [1.165, 1.54) is 12.8 Å². The lowest BCUT2D eigenvalue weighted by molar-refractivity contribution is 0.549. The molecule has 2 heterocycles. The number of hydrogen-bond acceptors (Lipinski definition) is 4. The first kappa shape index (κ1) is 11.9. The third-order valence-electron chi connectivity index (χ3n) is 3.23. The molecule has 1 unspecified atom stereocenters. The van der Waals surface area contributed by atoms with Crippen LogP contribution >= 0.6 is 0 Å². The van der Waals surface area contributed by atoms with E-state index in [0.29, 0.717) is 5.56 Å². The van der Waals surface area contributed by atoms with Gasteiger partial charge in [-0.2, -0.15) is 5.26 Å². The fourth-order valence-corrected chi connectivity index (χ4v) is 2.14. The second-order valence-electron chi connectivity index (χ2n) is 4.52. The Kier molecular flexibility index (Phi) is 3.94. The Morgan fingerprint density at radius 2 is 2.47 bits per heavy atom. The lowest BCUT2D eigenvalue weighted by atomic mass is 10.1. The Morgan fingerprint density at radius 3 is 3.12 bits per heavy atom. The zero-order chi connectivity index (χ0) is 12.1. The van der Waals surface area contributed by atoms with Crippen LogP contribution in [-0.2, 0) is 0 Å². The Labute approximate surface area is 102 Å². The summed E-state index contributed by atoms with van der Waals surface area (Å²) >= 11 is 0. The lowest BCUT2D eigenvalue weighted by Crippen LogP contribution is -2.13. The van der Waals surface area contributed by atoms with E-state index in [-0.39, 0.29) is 0 Å². The van der Waals surface area contributed by atoms with Crippen LogP contribution < -0.4 is 10.6 Å². The van der Waals surface area contributed by atoms with Gasteiger partial charge in [0.1, 0.15) is 11.9 Å². The number of nitrogens with zero attached hydrogens (tertiary/aromatic N) is 2. The van der Waals surface area contributed by atoms with Crippen LogP contribution in [0, 0.1) is 24.2 Å². The maximum absolute atomic E-state index is 8.81. The highest BCUT2D eigenvalue weighted by atomic mass is 15.0. The molecule has 1 aliphatic rings. The van der Waals surface area contributed by atoms with Gasteiger partial charge in [0.25, 0.3) is 0 Å². The zero-order valence-corrected chi connectivity index (χ0v) is 10.2.